The molecular weight excluding hydrogens is 615 g/mol. The Morgan fingerprint density at radius 3 is 2.64 bits per heavy atom. The Labute approximate surface area is 269 Å². The second-order valence-electron chi connectivity index (χ2n) is 13.8. The summed E-state index contributed by atoms with van der Waals surface area (Å²) >= 11 is 0. The number of piperazine rings is 1. The van der Waals surface area contributed by atoms with E-state index >= 15 is 0 Å². The first-order valence-electron chi connectivity index (χ1n) is 16.1. The number of aromatic nitrogens is 1. The Bertz CT molecular complexity index is 1800. The first kappa shape index (κ1) is 30.4. The normalized spacial score (nSPS) is 33.6. The van der Waals surface area contributed by atoms with E-state index in [1.807, 2.05) is 66.3 Å². The molecule has 13 heteroatoms. The molecule has 248 valence electrons. The van der Waals surface area contributed by atoms with Crippen molar-refractivity contribution >= 4 is 28.6 Å². The van der Waals surface area contributed by atoms with Crippen LogP contribution in [0.25, 0.3) is 10.9 Å². The third-order valence-electron chi connectivity index (χ3n) is 11.0. The summed E-state index contributed by atoms with van der Waals surface area (Å²) in [7, 11) is 1.87. The minimum Gasteiger partial charge on any atom is -0.350 e. The van der Waals surface area contributed by atoms with Gasteiger partial charge in [0.25, 0.3) is 11.8 Å². The van der Waals surface area contributed by atoms with Gasteiger partial charge in [-0.1, -0.05) is 42.5 Å². The number of aliphatic hydroxyl groups is 1. The minimum atomic E-state index is -4.70. The van der Waals surface area contributed by atoms with E-state index in [4.69, 9.17) is 4.74 Å². The number of likely N-dealkylation sites (tertiary alicyclic amines) is 1. The molecule has 4 saturated heterocycles. The zero-order valence-corrected chi connectivity index (χ0v) is 26.0. The molecule has 4 aliphatic heterocycles. The number of carbonyl (C=O) groups is 3. The molecular formula is C34H36F3N5O5. The van der Waals surface area contributed by atoms with Crippen molar-refractivity contribution in [1.29, 1.82) is 0 Å². The number of alkyl halides is 3. The molecule has 5 aliphatic rings. The highest BCUT2D eigenvalue weighted by molar-refractivity contribution is 5.97. The van der Waals surface area contributed by atoms with Gasteiger partial charge in [0.05, 0.1) is 5.92 Å². The quantitative estimate of drug-likeness (QED) is 0.421. The van der Waals surface area contributed by atoms with Gasteiger partial charge < -0.3 is 19.9 Å². The van der Waals surface area contributed by atoms with E-state index in [0.717, 1.165) is 32.5 Å². The summed E-state index contributed by atoms with van der Waals surface area (Å²) in [6.07, 6.45) is -1.39. The van der Waals surface area contributed by atoms with Crippen LogP contribution in [0.3, 0.4) is 0 Å². The molecule has 47 heavy (non-hydrogen) atoms. The van der Waals surface area contributed by atoms with Gasteiger partial charge in [-0.2, -0.15) is 13.2 Å². The van der Waals surface area contributed by atoms with Gasteiger partial charge >= 0.3 is 6.30 Å². The monoisotopic (exact) mass is 651 g/mol. The zero-order chi connectivity index (χ0) is 33.0. The lowest BCUT2D eigenvalue weighted by atomic mass is 9.72. The molecule has 0 spiro atoms. The van der Waals surface area contributed by atoms with Crippen molar-refractivity contribution < 1.29 is 37.4 Å². The third-order valence-corrected chi connectivity index (χ3v) is 11.0. The van der Waals surface area contributed by atoms with Gasteiger partial charge in [-0.25, -0.2) is 4.90 Å². The number of amides is 3. The Morgan fingerprint density at radius 2 is 1.89 bits per heavy atom. The number of carbonyl (C=O) groups excluding carboxylic acids is 3. The van der Waals surface area contributed by atoms with Crippen molar-refractivity contribution in [2.45, 2.75) is 81.0 Å². The molecule has 0 radical (unpaired) electrons. The van der Waals surface area contributed by atoms with Gasteiger partial charge in [0.1, 0.15) is 12.1 Å². The number of aryl methyl sites for hydroxylation is 1. The fraction of sp³-hybridized carbons (Fsp3) is 0.500. The summed E-state index contributed by atoms with van der Waals surface area (Å²) in [4.78, 5) is 45.0. The average Bonchev–Trinajstić information content (AvgIpc) is 3.70. The van der Waals surface area contributed by atoms with E-state index in [9.17, 15) is 32.7 Å². The maximum atomic E-state index is 14.6. The number of hydrogen-bond donors (Lipinski definition) is 2. The van der Waals surface area contributed by atoms with Crippen LogP contribution in [-0.2, 0) is 39.0 Å². The number of benzene rings is 2. The lowest BCUT2D eigenvalue weighted by Crippen LogP contribution is -2.71. The Balaban J connectivity index is 1.11. The van der Waals surface area contributed by atoms with Crippen molar-refractivity contribution in [2.24, 2.45) is 13.0 Å². The molecule has 7 atom stereocenters. The predicted octanol–water partition coefficient (Wildman–Crippen LogP) is 2.98. The number of nitrogens with zero attached hydrogens (tertiary/aromatic N) is 4. The number of fused-ring (bicyclic) bond motifs is 5. The molecule has 5 heterocycles. The van der Waals surface area contributed by atoms with Crippen LogP contribution < -0.4 is 5.32 Å². The second-order valence-corrected chi connectivity index (χ2v) is 13.8. The summed E-state index contributed by atoms with van der Waals surface area (Å²) in [5.41, 5.74) is 1.20. The summed E-state index contributed by atoms with van der Waals surface area (Å²) in [5, 5.41) is 15.6. The number of rotatable bonds is 4. The van der Waals surface area contributed by atoms with Crippen molar-refractivity contribution in [3.63, 3.8) is 0 Å². The van der Waals surface area contributed by atoms with Crippen LogP contribution in [0.5, 0.6) is 0 Å². The van der Waals surface area contributed by atoms with Crippen LogP contribution in [0.1, 0.15) is 48.8 Å². The summed E-state index contributed by atoms with van der Waals surface area (Å²) in [6, 6.07) is 11.9. The van der Waals surface area contributed by atoms with E-state index in [1.54, 1.807) is 0 Å². The smallest absolute Gasteiger partial charge is 0.350 e. The maximum absolute atomic E-state index is 14.6. The molecule has 8 rings (SSSR count). The zero-order valence-electron chi connectivity index (χ0n) is 26.0. The van der Waals surface area contributed by atoms with Gasteiger partial charge in [-0.15, -0.1) is 0 Å². The molecule has 1 aromatic heterocycles. The molecule has 3 amide bonds. The highest BCUT2D eigenvalue weighted by Crippen LogP contribution is 2.49. The highest BCUT2D eigenvalue weighted by atomic mass is 19.4. The van der Waals surface area contributed by atoms with Crippen LogP contribution in [0.2, 0.25) is 0 Å². The van der Waals surface area contributed by atoms with E-state index in [0.29, 0.717) is 24.3 Å². The van der Waals surface area contributed by atoms with Crippen molar-refractivity contribution in [1.82, 2.24) is 24.6 Å². The van der Waals surface area contributed by atoms with E-state index in [2.05, 4.69) is 5.32 Å². The van der Waals surface area contributed by atoms with Gasteiger partial charge in [0, 0.05) is 55.6 Å². The molecule has 10 nitrogen and oxygen atoms in total. The Kier molecular flexibility index (Phi) is 6.65. The van der Waals surface area contributed by atoms with Crippen molar-refractivity contribution in [2.75, 3.05) is 13.1 Å². The first-order chi connectivity index (χ1) is 22.3. The standard InChI is InChI=1S/C34H36F3N5O5/c1-32(31(45)42-26(14-19-8-4-3-5-9-19)30(44)40-13-7-12-27(40)33(42,46)47-32)38-29(43)21-15-23-22-10-6-11-24-28(22)20(17-39(24)2)16-25(23)41(18-21)34(35,36)37/h3-6,8-11,17,21,23,25-27,46H,7,12-16,18H2,1-2H3,(H,38,43)/t21?,23-,25?,26+,27?,32-,33+/m1/s1. The Morgan fingerprint density at radius 1 is 1.13 bits per heavy atom. The highest BCUT2D eigenvalue weighted by Gasteiger charge is 2.70. The maximum Gasteiger partial charge on any atom is 0.460 e. The number of piperidine rings is 1. The molecule has 2 aromatic carbocycles. The summed E-state index contributed by atoms with van der Waals surface area (Å²) in [6.45, 7) is 1.11. The lowest BCUT2D eigenvalue weighted by Gasteiger charge is -2.48. The molecule has 3 unspecified atom stereocenters. The van der Waals surface area contributed by atoms with Crippen molar-refractivity contribution in [3.8, 4) is 0 Å². The van der Waals surface area contributed by atoms with Crippen molar-refractivity contribution in [3.05, 3.63) is 71.4 Å². The van der Waals surface area contributed by atoms with Crippen LogP contribution in [-0.4, -0.2) is 91.2 Å². The van der Waals surface area contributed by atoms with Gasteiger partial charge in [0.15, 0.2) is 0 Å². The fourth-order valence-electron chi connectivity index (χ4n) is 8.97. The molecule has 2 N–H and O–H groups in total. The number of ether oxygens (including phenoxy) is 1. The summed E-state index contributed by atoms with van der Waals surface area (Å²) < 4.78 is 51.9. The van der Waals surface area contributed by atoms with E-state index in [1.165, 1.54) is 11.8 Å². The largest absolute Gasteiger partial charge is 0.460 e. The predicted molar refractivity (Wildman–Crippen MR) is 162 cm³/mol. The van der Waals surface area contributed by atoms with Crippen LogP contribution >= 0.6 is 0 Å². The van der Waals surface area contributed by atoms with Crippen LogP contribution in [0, 0.1) is 5.92 Å². The molecule has 0 bridgehead atoms. The second kappa shape index (κ2) is 10.3. The van der Waals surface area contributed by atoms with Gasteiger partial charge in [0.2, 0.25) is 17.5 Å². The SMILES string of the molecule is Cn1cc2c3c(cccc31)[C@H]1CC(C(=O)N[C@]3(C)O[C@@]4(O)C5CCCN5C(=O)[C@H](Cc5ccccc5)N4C3=O)CN(C(F)(F)F)C1C2. The fourth-order valence-corrected chi connectivity index (χ4v) is 8.97. The minimum absolute atomic E-state index is 0.115. The first-order valence-corrected chi connectivity index (χ1v) is 16.1. The molecule has 0 saturated carbocycles. The topological polar surface area (TPSA) is 107 Å². The van der Waals surface area contributed by atoms with Crippen LogP contribution in [0.4, 0.5) is 13.2 Å². The summed E-state index contributed by atoms with van der Waals surface area (Å²) in [5.74, 6) is -5.85. The third kappa shape index (κ3) is 4.46. The molecule has 3 aromatic rings. The Hall–Kier alpha value is -3.94. The van der Waals surface area contributed by atoms with Gasteiger partial charge in [-0.3, -0.25) is 24.0 Å². The van der Waals surface area contributed by atoms with Gasteiger partial charge in [-0.05, 0) is 55.4 Å². The number of hydrogen-bond acceptors (Lipinski definition) is 6. The molecule has 1 aliphatic carbocycles. The number of halogens is 3. The van der Waals surface area contributed by atoms with E-state index < -0.39 is 66.3 Å². The number of nitrogens with one attached hydrogen (secondary N) is 1. The van der Waals surface area contributed by atoms with Crippen LogP contribution in [0.15, 0.2) is 54.7 Å². The average molecular weight is 652 g/mol. The van der Waals surface area contributed by atoms with E-state index in [-0.39, 0.29) is 25.2 Å². The molecule has 4 fully saturated rings. The lowest BCUT2D eigenvalue weighted by molar-refractivity contribution is -0.315.